The molecule has 1 aliphatic heterocycles. The monoisotopic (exact) mass is 213 g/mol. The largest absolute Gasteiger partial charge is 0.396 e. The van der Waals surface area contributed by atoms with Gasteiger partial charge in [-0.05, 0) is 36.6 Å². The second-order valence-electron chi connectivity index (χ2n) is 6.10. The van der Waals surface area contributed by atoms with E-state index in [0.29, 0.717) is 17.9 Å². The van der Waals surface area contributed by atoms with Gasteiger partial charge in [0.05, 0.1) is 0 Å². The minimum atomic E-state index is 0.337. The van der Waals surface area contributed by atoms with Crippen molar-refractivity contribution < 1.29 is 5.11 Å². The molecule has 2 heteroatoms. The molecule has 0 amide bonds. The minimum Gasteiger partial charge on any atom is -0.396 e. The lowest BCUT2D eigenvalue weighted by Crippen LogP contribution is -2.46. The van der Waals surface area contributed by atoms with Gasteiger partial charge in [0.15, 0.2) is 0 Å². The lowest BCUT2D eigenvalue weighted by molar-refractivity contribution is 0.0383. The van der Waals surface area contributed by atoms with Crippen molar-refractivity contribution in [1.82, 2.24) is 4.90 Å². The van der Waals surface area contributed by atoms with Crippen LogP contribution in [0.1, 0.15) is 40.5 Å². The van der Waals surface area contributed by atoms with Crippen LogP contribution in [0.3, 0.4) is 0 Å². The normalized spacial score (nSPS) is 27.2. The molecule has 1 heterocycles. The fraction of sp³-hybridized carbons (Fsp3) is 1.00. The van der Waals surface area contributed by atoms with Crippen molar-refractivity contribution >= 4 is 0 Å². The Kier molecular flexibility index (Phi) is 4.60. The fourth-order valence-electron chi connectivity index (χ4n) is 2.62. The third-order valence-electron chi connectivity index (χ3n) is 3.76. The summed E-state index contributed by atoms with van der Waals surface area (Å²) in [6.07, 6.45) is 2.23. The quantitative estimate of drug-likeness (QED) is 0.775. The topological polar surface area (TPSA) is 23.5 Å². The summed E-state index contributed by atoms with van der Waals surface area (Å²) in [5.74, 6) is 1.41. The van der Waals surface area contributed by atoms with Gasteiger partial charge in [0.2, 0.25) is 0 Å². The summed E-state index contributed by atoms with van der Waals surface area (Å²) < 4.78 is 0. The molecule has 90 valence electrons. The third kappa shape index (κ3) is 3.76. The molecule has 1 atom stereocenters. The molecule has 0 aliphatic carbocycles. The molecule has 0 saturated carbocycles. The highest BCUT2D eigenvalue weighted by molar-refractivity contribution is 4.86. The van der Waals surface area contributed by atoms with Crippen molar-refractivity contribution in [1.29, 1.82) is 0 Å². The maximum Gasteiger partial charge on any atom is 0.0434 e. The van der Waals surface area contributed by atoms with Gasteiger partial charge < -0.3 is 10.0 Å². The molecule has 0 radical (unpaired) electrons. The summed E-state index contributed by atoms with van der Waals surface area (Å²) in [6, 6.07) is 0. The summed E-state index contributed by atoms with van der Waals surface area (Å²) in [6.45, 7) is 13.2. The van der Waals surface area contributed by atoms with Crippen LogP contribution in [0.15, 0.2) is 0 Å². The SMILES string of the molecule is CC(C)CN1CCC(C)(C)C(CCO)C1. The number of nitrogens with zero attached hydrogens (tertiary/aromatic N) is 1. The van der Waals surface area contributed by atoms with E-state index in [1.165, 1.54) is 26.1 Å². The highest BCUT2D eigenvalue weighted by Gasteiger charge is 2.34. The standard InChI is InChI=1S/C13H27NO/c1-11(2)9-14-7-6-13(3,4)12(10-14)5-8-15/h11-12,15H,5-10H2,1-4H3. The van der Waals surface area contributed by atoms with Gasteiger partial charge in [-0.15, -0.1) is 0 Å². The van der Waals surface area contributed by atoms with Crippen LogP contribution < -0.4 is 0 Å². The Morgan fingerprint density at radius 3 is 2.60 bits per heavy atom. The van der Waals surface area contributed by atoms with Crippen LogP contribution in [-0.4, -0.2) is 36.2 Å². The molecule has 1 saturated heterocycles. The van der Waals surface area contributed by atoms with Gasteiger partial charge in [-0.1, -0.05) is 27.7 Å². The average molecular weight is 213 g/mol. The van der Waals surface area contributed by atoms with Crippen LogP contribution in [-0.2, 0) is 0 Å². The molecule has 1 unspecified atom stereocenters. The molecular formula is C13H27NO. The fourth-order valence-corrected chi connectivity index (χ4v) is 2.62. The number of aliphatic hydroxyl groups excluding tert-OH is 1. The number of hydrogen-bond acceptors (Lipinski definition) is 2. The Balaban J connectivity index is 2.50. The first-order valence-electron chi connectivity index (χ1n) is 6.29. The van der Waals surface area contributed by atoms with Gasteiger partial charge in [0.25, 0.3) is 0 Å². The van der Waals surface area contributed by atoms with Gasteiger partial charge in [0, 0.05) is 19.7 Å². The molecule has 0 bridgehead atoms. The first-order chi connectivity index (χ1) is 6.95. The summed E-state index contributed by atoms with van der Waals surface area (Å²) in [5.41, 5.74) is 0.413. The molecule has 0 aromatic carbocycles. The molecule has 0 aromatic rings. The van der Waals surface area contributed by atoms with E-state index in [4.69, 9.17) is 5.11 Å². The second kappa shape index (κ2) is 5.31. The number of rotatable bonds is 4. The van der Waals surface area contributed by atoms with Gasteiger partial charge in [-0.3, -0.25) is 0 Å². The van der Waals surface area contributed by atoms with E-state index in [0.717, 1.165) is 12.3 Å². The smallest absolute Gasteiger partial charge is 0.0434 e. The zero-order chi connectivity index (χ0) is 11.5. The molecule has 0 spiro atoms. The predicted molar refractivity (Wildman–Crippen MR) is 64.9 cm³/mol. The van der Waals surface area contributed by atoms with Crippen LogP contribution >= 0.6 is 0 Å². The van der Waals surface area contributed by atoms with E-state index >= 15 is 0 Å². The lowest BCUT2D eigenvalue weighted by atomic mass is 9.72. The lowest BCUT2D eigenvalue weighted by Gasteiger charge is -2.44. The Morgan fingerprint density at radius 1 is 1.40 bits per heavy atom. The van der Waals surface area contributed by atoms with Crippen LogP contribution in [0.25, 0.3) is 0 Å². The van der Waals surface area contributed by atoms with Gasteiger partial charge in [-0.25, -0.2) is 0 Å². The number of hydrogen-bond donors (Lipinski definition) is 1. The first-order valence-corrected chi connectivity index (χ1v) is 6.29. The molecular weight excluding hydrogens is 186 g/mol. The van der Waals surface area contributed by atoms with Gasteiger partial charge >= 0.3 is 0 Å². The molecule has 1 rings (SSSR count). The Morgan fingerprint density at radius 2 is 2.07 bits per heavy atom. The van der Waals surface area contributed by atoms with Crippen LogP contribution in [0, 0.1) is 17.3 Å². The Hall–Kier alpha value is -0.0800. The number of likely N-dealkylation sites (tertiary alicyclic amines) is 1. The minimum absolute atomic E-state index is 0.337. The number of piperidine rings is 1. The van der Waals surface area contributed by atoms with Crippen molar-refractivity contribution in [3.05, 3.63) is 0 Å². The highest BCUT2D eigenvalue weighted by atomic mass is 16.3. The van der Waals surface area contributed by atoms with E-state index in [2.05, 4.69) is 32.6 Å². The van der Waals surface area contributed by atoms with E-state index in [-0.39, 0.29) is 0 Å². The van der Waals surface area contributed by atoms with Crippen molar-refractivity contribution in [2.45, 2.75) is 40.5 Å². The van der Waals surface area contributed by atoms with Crippen molar-refractivity contribution in [2.24, 2.45) is 17.3 Å². The van der Waals surface area contributed by atoms with Crippen LogP contribution in [0.2, 0.25) is 0 Å². The van der Waals surface area contributed by atoms with E-state index in [1.54, 1.807) is 0 Å². The van der Waals surface area contributed by atoms with Gasteiger partial charge in [0.1, 0.15) is 0 Å². The van der Waals surface area contributed by atoms with Crippen molar-refractivity contribution in [3.63, 3.8) is 0 Å². The number of aliphatic hydroxyl groups is 1. The van der Waals surface area contributed by atoms with E-state index < -0.39 is 0 Å². The Bertz CT molecular complexity index is 189. The summed E-state index contributed by atoms with van der Waals surface area (Å²) in [7, 11) is 0. The van der Waals surface area contributed by atoms with Gasteiger partial charge in [-0.2, -0.15) is 0 Å². The molecule has 1 fully saturated rings. The van der Waals surface area contributed by atoms with E-state index in [9.17, 15) is 0 Å². The highest BCUT2D eigenvalue weighted by Crippen LogP contribution is 2.37. The maximum absolute atomic E-state index is 9.10. The molecule has 2 nitrogen and oxygen atoms in total. The zero-order valence-electron chi connectivity index (χ0n) is 10.8. The second-order valence-corrected chi connectivity index (χ2v) is 6.10. The molecule has 0 aromatic heterocycles. The molecule has 15 heavy (non-hydrogen) atoms. The average Bonchev–Trinajstić information content (AvgIpc) is 2.11. The summed E-state index contributed by atoms with van der Waals surface area (Å²) in [5, 5.41) is 9.10. The zero-order valence-corrected chi connectivity index (χ0v) is 10.8. The van der Waals surface area contributed by atoms with Crippen molar-refractivity contribution in [3.8, 4) is 0 Å². The van der Waals surface area contributed by atoms with E-state index in [1.807, 2.05) is 0 Å². The first kappa shape index (κ1) is 13.0. The molecule has 1 N–H and O–H groups in total. The maximum atomic E-state index is 9.10. The predicted octanol–water partition coefficient (Wildman–Crippen LogP) is 2.37. The third-order valence-corrected chi connectivity index (χ3v) is 3.76. The van der Waals surface area contributed by atoms with Crippen LogP contribution in [0.4, 0.5) is 0 Å². The summed E-state index contributed by atoms with van der Waals surface area (Å²) >= 11 is 0. The van der Waals surface area contributed by atoms with Crippen LogP contribution in [0.5, 0.6) is 0 Å². The Labute approximate surface area is 94.7 Å². The molecule has 1 aliphatic rings. The van der Waals surface area contributed by atoms with Crippen molar-refractivity contribution in [2.75, 3.05) is 26.2 Å². The summed E-state index contributed by atoms with van der Waals surface area (Å²) in [4.78, 5) is 2.57.